The second kappa shape index (κ2) is 5.66. The summed E-state index contributed by atoms with van der Waals surface area (Å²) in [7, 11) is 0. The lowest BCUT2D eigenvalue weighted by Crippen LogP contribution is -1.90. The largest absolute Gasteiger partial charge is 0.397 e. The topological polar surface area (TPSA) is 26.0 Å². The van der Waals surface area contributed by atoms with Gasteiger partial charge < -0.3 is 5.73 Å². The van der Waals surface area contributed by atoms with E-state index in [1.165, 1.54) is 27.1 Å². The molecule has 0 radical (unpaired) electrons. The molecular formula is C20H13Br2N. The van der Waals surface area contributed by atoms with Gasteiger partial charge in [-0.3, -0.25) is 0 Å². The standard InChI is InChI=1S/C20H13Br2N/c21-18-10-13(11-19(22)20(18)23)15-6-3-7-16-14-5-2-1-4-12(14)8-9-17(15)16/h1-11H,23H2. The van der Waals surface area contributed by atoms with Crippen LogP contribution in [0.5, 0.6) is 0 Å². The maximum Gasteiger partial charge on any atom is 0.0603 e. The minimum absolute atomic E-state index is 0.722. The van der Waals surface area contributed by atoms with E-state index in [0.29, 0.717) is 0 Å². The third-order valence-corrected chi connectivity index (χ3v) is 5.49. The van der Waals surface area contributed by atoms with E-state index >= 15 is 0 Å². The van der Waals surface area contributed by atoms with Crippen LogP contribution in [0.25, 0.3) is 32.7 Å². The van der Waals surface area contributed by atoms with Crippen LogP contribution in [0, 0.1) is 0 Å². The van der Waals surface area contributed by atoms with Crippen molar-refractivity contribution in [2.24, 2.45) is 0 Å². The first kappa shape index (κ1) is 14.7. The molecular weight excluding hydrogens is 414 g/mol. The van der Waals surface area contributed by atoms with Crippen molar-refractivity contribution in [3.63, 3.8) is 0 Å². The molecule has 0 aliphatic heterocycles. The summed E-state index contributed by atoms with van der Waals surface area (Å²) in [5.74, 6) is 0. The average molecular weight is 427 g/mol. The third kappa shape index (κ3) is 2.44. The van der Waals surface area contributed by atoms with Crippen molar-refractivity contribution in [3.05, 3.63) is 75.7 Å². The SMILES string of the molecule is Nc1c(Br)cc(-c2cccc3c2ccc2ccccc23)cc1Br. The fraction of sp³-hybridized carbons (Fsp3) is 0. The van der Waals surface area contributed by atoms with Gasteiger partial charge in [0.25, 0.3) is 0 Å². The molecule has 3 heteroatoms. The second-order valence-corrected chi connectivity index (χ2v) is 7.25. The number of anilines is 1. The Morgan fingerprint density at radius 3 is 2.13 bits per heavy atom. The maximum atomic E-state index is 6.02. The van der Waals surface area contributed by atoms with E-state index in [1.54, 1.807) is 0 Å². The number of nitrogen functional groups attached to an aromatic ring is 1. The number of benzene rings is 4. The number of nitrogens with two attached hydrogens (primary N) is 1. The second-order valence-electron chi connectivity index (χ2n) is 5.54. The van der Waals surface area contributed by atoms with Crippen LogP contribution in [0.4, 0.5) is 5.69 Å². The highest BCUT2D eigenvalue weighted by Gasteiger charge is 2.10. The Balaban J connectivity index is 2.07. The van der Waals surface area contributed by atoms with Gasteiger partial charge >= 0.3 is 0 Å². The molecule has 0 spiro atoms. The van der Waals surface area contributed by atoms with Gasteiger partial charge in [0.05, 0.1) is 5.69 Å². The van der Waals surface area contributed by atoms with Crippen LogP contribution in [-0.4, -0.2) is 0 Å². The summed E-state index contributed by atoms with van der Waals surface area (Å²) < 4.78 is 1.80. The van der Waals surface area contributed by atoms with Gasteiger partial charge in [0.2, 0.25) is 0 Å². The molecule has 0 bridgehead atoms. The first-order valence-corrected chi connectivity index (χ1v) is 8.89. The lowest BCUT2D eigenvalue weighted by Gasteiger charge is -2.11. The molecule has 4 rings (SSSR count). The molecule has 23 heavy (non-hydrogen) atoms. The molecule has 4 aromatic rings. The number of hydrogen-bond donors (Lipinski definition) is 1. The summed E-state index contributed by atoms with van der Waals surface area (Å²) in [4.78, 5) is 0. The maximum absolute atomic E-state index is 6.02. The van der Waals surface area contributed by atoms with Gasteiger partial charge in [-0.25, -0.2) is 0 Å². The van der Waals surface area contributed by atoms with Crippen molar-refractivity contribution in [1.82, 2.24) is 0 Å². The Morgan fingerprint density at radius 1 is 0.652 bits per heavy atom. The highest BCUT2D eigenvalue weighted by molar-refractivity contribution is 9.11. The summed E-state index contributed by atoms with van der Waals surface area (Å²) in [5.41, 5.74) is 9.09. The first-order chi connectivity index (χ1) is 11.1. The molecule has 0 unspecified atom stereocenters. The van der Waals surface area contributed by atoms with Crippen molar-refractivity contribution in [1.29, 1.82) is 0 Å². The summed E-state index contributed by atoms with van der Waals surface area (Å²) in [5, 5.41) is 5.05. The van der Waals surface area contributed by atoms with E-state index in [2.05, 4.69) is 98.6 Å². The molecule has 4 aromatic carbocycles. The fourth-order valence-corrected chi connectivity index (χ4v) is 4.22. The van der Waals surface area contributed by atoms with Gasteiger partial charge in [0.1, 0.15) is 0 Å². The van der Waals surface area contributed by atoms with Crippen LogP contribution in [0.1, 0.15) is 0 Å². The van der Waals surface area contributed by atoms with E-state index in [-0.39, 0.29) is 0 Å². The zero-order valence-electron chi connectivity index (χ0n) is 12.2. The molecule has 0 fully saturated rings. The predicted molar refractivity (Wildman–Crippen MR) is 107 cm³/mol. The number of rotatable bonds is 1. The summed E-state index contributed by atoms with van der Waals surface area (Å²) >= 11 is 7.09. The van der Waals surface area contributed by atoms with E-state index < -0.39 is 0 Å². The van der Waals surface area contributed by atoms with E-state index in [4.69, 9.17) is 5.73 Å². The Morgan fingerprint density at radius 2 is 1.35 bits per heavy atom. The first-order valence-electron chi connectivity index (χ1n) is 7.30. The smallest absolute Gasteiger partial charge is 0.0603 e. The van der Waals surface area contributed by atoms with Crippen molar-refractivity contribution < 1.29 is 0 Å². The quantitative estimate of drug-likeness (QED) is 0.264. The number of hydrogen-bond acceptors (Lipinski definition) is 1. The van der Waals surface area contributed by atoms with Crippen molar-refractivity contribution in [2.45, 2.75) is 0 Å². The zero-order chi connectivity index (χ0) is 16.0. The molecule has 112 valence electrons. The zero-order valence-corrected chi connectivity index (χ0v) is 15.4. The summed E-state index contributed by atoms with van der Waals surface area (Å²) in [6, 6.07) is 23.5. The number of halogens is 2. The Labute approximate surface area is 151 Å². The fourth-order valence-electron chi connectivity index (χ4n) is 3.03. The summed E-state index contributed by atoms with van der Waals surface area (Å²) in [6.07, 6.45) is 0. The van der Waals surface area contributed by atoms with E-state index in [9.17, 15) is 0 Å². The van der Waals surface area contributed by atoms with Crippen molar-refractivity contribution >= 4 is 59.1 Å². The van der Waals surface area contributed by atoms with Crippen LogP contribution in [0.15, 0.2) is 75.7 Å². The molecule has 1 nitrogen and oxygen atoms in total. The molecule has 0 aromatic heterocycles. The van der Waals surface area contributed by atoms with Gasteiger partial charge in [0.15, 0.2) is 0 Å². The van der Waals surface area contributed by atoms with E-state index in [1.807, 2.05) is 0 Å². The van der Waals surface area contributed by atoms with Crippen molar-refractivity contribution in [2.75, 3.05) is 5.73 Å². The lowest BCUT2D eigenvalue weighted by molar-refractivity contribution is 1.57. The Bertz CT molecular complexity index is 1030. The molecule has 0 saturated carbocycles. The monoisotopic (exact) mass is 425 g/mol. The van der Waals surface area contributed by atoms with Gasteiger partial charge in [-0.05, 0) is 76.7 Å². The molecule has 2 N–H and O–H groups in total. The molecule has 0 amide bonds. The average Bonchev–Trinajstić information content (AvgIpc) is 2.58. The summed E-state index contributed by atoms with van der Waals surface area (Å²) in [6.45, 7) is 0. The van der Waals surface area contributed by atoms with Gasteiger partial charge in [0, 0.05) is 8.95 Å². The highest BCUT2D eigenvalue weighted by Crippen LogP contribution is 2.38. The van der Waals surface area contributed by atoms with Crippen molar-refractivity contribution in [3.8, 4) is 11.1 Å². The minimum atomic E-state index is 0.722. The normalized spacial score (nSPS) is 11.2. The van der Waals surface area contributed by atoms with Gasteiger partial charge in [-0.15, -0.1) is 0 Å². The van der Waals surface area contributed by atoms with Crippen LogP contribution in [0.2, 0.25) is 0 Å². The highest BCUT2D eigenvalue weighted by atomic mass is 79.9. The van der Waals surface area contributed by atoms with Crippen LogP contribution < -0.4 is 5.73 Å². The molecule has 0 heterocycles. The van der Waals surface area contributed by atoms with Gasteiger partial charge in [-0.2, -0.15) is 0 Å². The van der Waals surface area contributed by atoms with E-state index in [0.717, 1.165) is 20.2 Å². The lowest BCUT2D eigenvalue weighted by atomic mass is 9.95. The van der Waals surface area contributed by atoms with Crippen LogP contribution >= 0.6 is 31.9 Å². The van der Waals surface area contributed by atoms with Crippen LogP contribution in [-0.2, 0) is 0 Å². The van der Waals surface area contributed by atoms with Crippen LogP contribution in [0.3, 0.4) is 0 Å². The van der Waals surface area contributed by atoms with Gasteiger partial charge in [-0.1, -0.05) is 54.6 Å². The predicted octanol–water partition coefficient (Wildman–Crippen LogP) is 6.77. The molecule has 0 saturated heterocycles. The molecule has 0 atom stereocenters. The third-order valence-electron chi connectivity index (χ3n) is 4.18. The molecule has 0 aliphatic carbocycles. The molecule has 0 aliphatic rings. The Kier molecular flexibility index (Phi) is 3.63. The Hall–Kier alpha value is -1.84. The number of fused-ring (bicyclic) bond motifs is 3. The minimum Gasteiger partial charge on any atom is -0.397 e.